The first-order valence-corrected chi connectivity index (χ1v) is 6.28. The molecule has 3 nitrogen and oxygen atoms in total. The van der Waals surface area contributed by atoms with E-state index in [1.807, 2.05) is 12.1 Å². The summed E-state index contributed by atoms with van der Waals surface area (Å²) in [6.07, 6.45) is 0.886. The highest BCUT2D eigenvalue weighted by Crippen LogP contribution is 2.32. The second-order valence-corrected chi connectivity index (χ2v) is 4.59. The lowest BCUT2D eigenvalue weighted by molar-refractivity contribution is 0.468. The Morgan fingerprint density at radius 3 is 2.63 bits per heavy atom. The average Bonchev–Trinajstić information content (AvgIpc) is 2.45. The molecular formula is C15H15FN2O. The van der Waals surface area contributed by atoms with Gasteiger partial charge in [-0.2, -0.15) is 0 Å². The molecule has 0 fully saturated rings. The third kappa shape index (κ3) is 2.39. The predicted molar refractivity (Wildman–Crippen MR) is 72.7 cm³/mol. The van der Waals surface area contributed by atoms with E-state index in [1.165, 1.54) is 12.1 Å². The molecule has 0 radical (unpaired) electrons. The molecule has 3 N–H and O–H groups in total. The van der Waals surface area contributed by atoms with E-state index in [-0.39, 0.29) is 5.82 Å². The van der Waals surface area contributed by atoms with Gasteiger partial charge in [0.1, 0.15) is 17.3 Å². The summed E-state index contributed by atoms with van der Waals surface area (Å²) >= 11 is 0. The number of nitrogens with two attached hydrogens (primary N) is 1. The smallest absolute Gasteiger partial charge is 0.131 e. The first-order valence-electron chi connectivity index (χ1n) is 6.28. The highest BCUT2D eigenvalue weighted by molar-refractivity contribution is 5.58. The van der Waals surface area contributed by atoms with E-state index in [0.29, 0.717) is 5.75 Å². The summed E-state index contributed by atoms with van der Waals surface area (Å²) in [4.78, 5) is 0. The largest absolute Gasteiger partial charge is 0.457 e. The molecular weight excluding hydrogens is 243 g/mol. The van der Waals surface area contributed by atoms with Crippen molar-refractivity contribution in [2.45, 2.75) is 13.0 Å². The Kier molecular flexibility index (Phi) is 3.09. The molecule has 0 unspecified atom stereocenters. The molecule has 0 saturated carbocycles. The molecule has 3 rings (SSSR count). The van der Waals surface area contributed by atoms with E-state index >= 15 is 0 Å². The van der Waals surface area contributed by atoms with Gasteiger partial charge in [-0.05, 0) is 54.9 Å². The highest BCUT2D eigenvalue weighted by Gasteiger charge is 2.16. The second-order valence-electron chi connectivity index (χ2n) is 4.59. The van der Waals surface area contributed by atoms with Gasteiger partial charge in [0.2, 0.25) is 0 Å². The maximum absolute atomic E-state index is 12.9. The molecule has 98 valence electrons. The maximum Gasteiger partial charge on any atom is 0.131 e. The van der Waals surface area contributed by atoms with Gasteiger partial charge in [0.05, 0.1) is 0 Å². The van der Waals surface area contributed by atoms with Gasteiger partial charge in [-0.25, -0.2) is 4.39 Å². The van der Waals surface area contributed by atoms with Crippen LogP contribution in [0.1, 0.15) is 11.1 Å². The normalized spacial score (nSPS) is 13.9. The highest BCUT2D eigenvalue weighted by atomic mass is 19.1. The van der Waals surface area contributed by atoms with Gasteiger partial charge >= 0.3 is 0 Å². The number of hydrogen-bond acceptors (Lipinski definition) is 3. The third-order valence-electron chi connectivity index (χ3n) is 3.32. The fourth-order valence-electron chi connectivity index (χ4n) is 2.32. The van der Waals surface area contributed by atoms with Crippen LogP contribution in [0.4, 0.5) is 10.1 Å². The Balaban J connectivity index is 1.95. The van der Waals surface area contributed by atoms with E-state index in [4.69, 9.17) is 10.5 Å². The monoisotopic (exact) mass is 258 g/mol. The van der Waals surface area contributed by atoms with E-state index < -0.39 is 0 Å². The summed E-state index contributed by atoms with van der Waals surface area (Å²) in [5, 5.41) is 3.30. The minimum absolute atomic E-state index is 0.268. The van der Waals surface area contributed by atoms with Crippen LogP contribution in [0.3, 0.4) is 0 Å². The number of anilines is 1. The number of rotatable bonds is 2. The van der Waals surface area contributed by atoms with Crippen LogP contribution in [0.2, 0.25) is 0 Å². The van der Waals surface area contributed by atoms with Crippen LogP contribution in [-0.2, 0) is 13.0 Å². The Hall–Kier alpha value is -2.07. The van der Waals surface area contributed by atoms with Gasteiger partial charge < -0.3 is 15.8 Å². The van der Waals surface area contributed by atoms with Crippen LogP contribution in [0.5, 0.6) is 11.5 Å². The number of fused-ring (bicyclic) bond motifs is 1. The molecule has 0 bridgehead atoms. The Bertz CT molecular complexity index is 596. The molecule has 1 aliphatic heterocycles. The minimum Gasteiger partial charge on any atom is -0.457 e. The standard InChI is InChI=1S/C15H15FN2O/c16-10-1-3-11(4-2-10)19-15-6-5-14(17)13-9-18-8-7-12(13)15/h1-6,18H,7-9,17H2. The van der Waals surface area contributed by atoms with Crippen molar-refractivity contribution in [1.82, 2.24) is 5.32 Å². The van der Waals surface area contributed by atoms with Crippen molar-refractivity contribution >= 4 is 5.69 Å². The molecule has 0 amide bonds. The van der Waals surface area contributed by atoms with Crippen LogP contribution in [0, 0.1) is 5.82 Å². The van der Waals surface area contributed by atoms with Crippen molar-refractivity contribution in [2.24, 2.45) is 0 Å². The number of nitrogen functional groups attached to an aromatic ring is 1. The van der Waals surface area contributed by atoms with Crippen LogP contribution in [-0.4, -0.2) is 6.54 Å². The molecule has 2 aromatic carbocycles. The predicted octanol–water partition coefficient (Wildman–Crippen LogP) is 2.85. The van der Waals surface area contributed by atoms with Crippen molar-refractivity contribution in [3.05, 3.63) is 53.3 Å². The lowest BCUT2D eigenvalue weighted by Gasteiger charge is -2.22. The van der Waals surface area contributed by atoms with Crippen molar-refractivity contribution in [3.8, 4) is 11.5 Å². The molecule has 0 aromatic heterocycles. The summed E-state index contributed by atoms with van der Waals surface area (Å²) in [5.74, 6) is 1.17. The summed E-state index contributed by atoms with van der Waals surface area (Å²) in [7, 11) is 0. The van der Waals surface area contributed by atoms with Crippen molar-refractivity contribution in [2.75, 3.05) is 12.3 Å². The first-order chi connectivity index (χ1) is 9.24. The fraction of sp³-hybridized carbons (Fsp3) is 0.200. The van der Waals surface area contributed by atoms with E-state index in [0.717, 1.165) is 42.1 Å². The second kappa shape index (κ2) is 4.90. The summed E-state index contributed by atoms with van der Waals surface area (Å²) in [6, 6.07) is 9.76. The number of halogens is 1. The number of ether oxygens (including phenoxy) is 1. The Morgan fingerprint density at radius 1 is 1.05 bits per heavy atom. The number of hydrogen-bond donors (Lipinski definition) is 2. The van der Waals surface area contributed by atoms with Gasteiger partial charge in [-0.3, -0.25) is 0 Å². The summed E-state index contributed by atoms with van der Waals surface area (Å²) < 4.78 is 18.7. The van der Waals surface area contributed by atoms with Gasteiger partial charge in [0, 0.05) is 17.8 Å². The lowest BCUT2D eigenvalue weighted by atomic mass is 9.98. The van der Waals surface area contributed by atoms with Crippen LogP contribution in [0.25, 0.3) is 0 Å². The molecule has 2 aromatic rings. The van der Waals surface area contributed by atoms with Gasteiger partial charge in [-0.15, -0.1) is 0 Å². The zero-order valence-electron chi connectivity index (χ0n) is 10.4. The Morgan fingerprint density at radius 2 is 1.84 bits per heavy atom. The summed E-state index contributed by atoms with van der Waals surface area (Å²) in [6.45, 7) is 1.68. The van der Waals surface area contributed by atoms with E-state index in [2.05, 4.69) is 5.32 Å². The van der Waals surface area contributed by atoms with Crippen LogP contribution < -0.4 is 15.8 Å². The van der Waals surface area contributed by atoms with Crippen molar-refractivity contribution in [3.63, 3.8) is 0 Å². The van der Waals surface area contributed by atoms with Gasteiger partial charge in [-0.1, -0.05) is 0 Å². The molecule has 0 aliphatic carbocycles. The maximum atomic E-state index is 12.9. The number of nitrogens with one attached hydrogen (secondary N) is 1. The summed E-state index contributed by atoms with van der Waals surface area (Å²) in [5.41, 5.74) is 9.01. The molecule has 0 saturated heterocycles. The third-order valence-corrected chi connectivity index (χ3v) is 3.32. The average molecular weight is 258 g/mol. The molecule has 4 heteroatoms. The van der Waals surface area contributed by atoms with Gasteiger partial charge in [0.15, 0.2) is 0 Å². The zero-order valence-corrected chi connectivity index (χ0v) is 10.4. The molecule has 1 heterocycles. The fourth-order valence-corrected chi connectivity index (χ4v) is 2.32. The van der Waals surface area contributed by atoms with E-state index in [1.54, 1.807) is 12.1 Å². The topological polar surface area (TPSA) is 47.3 Å². The molecule has 19 heavy (non-hydrogen) atoms. The lowest BCUT2D eigenvalue weighted by Crippen LogP contribution is -2.25. The Labute approximate surface area is 111 Å². The molecule has 0 spiro atoms. The molecule has 1 aliphatic rings. The molecule has 0 atom stereocenters. The van der Waals surface area contributed by atoms with Crippen LogP contribution in [0.15, 0.2) is 36.4 Å². The first kappa shape index (κ1) is 12.0. The van der Waals surface area contributed by atoms with Crippen molar-refractivity contribution in [1.29, 1.82) is 0 Å². The minimum atomic E-state index is -0.268. The van der Waals surface area contributed by atoms with Crippen molar-refractivity contribution < 1.29 is 9.13 Å². The number of benzene rings is 2. The van der Waals surface area contributed by atoms with Gasteiger partial charge in [0.25, 0.3) is 0 Å². The SMILES string of the molecule is Nc1ccc(Oc2ccc(F)cc2)c2c1CNCC2. The van der Waals surface area contributed by atoms with E-state index in [9.17, 15) is 4.39 Å². The zero-order chi connectivity index (χ0) is 13.2. The van der Waals surface area contributed by atoms with Crippen LogP contribution >= 0.6 is 0 Å². The quantitative estimate of drug-likeness (QED) is 0.814.